The molecule has 1 heterocycles. The number of hydrogen-bond donors (Lipinski definition) is 2. The lowest BCUT2D eigenvalue weighted by atomic mass is 9.82. The van der Waals surface area contributed by atoms with E-state index >= 15 is 0 Å². The van der Waals surface area contributed by atoms with E-state index in [1.165, 1.54) is 0 Å². The molecule has 3 atom stereocenters. The molecule has 4 heteroatoms. The van der Waals surface area contributed by atoms with Gasteiger partial charge in [0.25, 0.3) is 0 Å². The average molecular weight is 230 g/mol. The summed E-state index contributed by atoms with van der Waals surface area (Å²) in [6, 6.07) is 0. The third kappa shape index (κ3) is 3.17. The summed E-state index contributed by atoms with van der Waals surface area (Å²) in [5, 5.41) is 19.4. The first-order valence-corrected chi connectivity index (χ1v) is 6.36. The Balaban J connectivity index is 1.71. The molecule has 0 aromatic heterocycles. The van der Waals surface area contributed by atoms with Gasteiger partial charge < -0.3 is 19.7 Å². The van der Waals surface area contributed by atoms with E-state index in [-0.39, 0.29) is 12.2 Å². The maximum absolute atomic E-state index is 9.84. The molecule has 1 aliphatic carbocycles. The van der Waals surface area contributed by atoms with Crippen LogP contribution in [0.2, 0.25) is 0 Å². The molecule has 0 aromatic rings. The molecule has 4 nitrogen and oxygen atoms in total. The van der Waals surface area contributed by atoms with Crippen molar-refractivity contribution in [3.05, 3.63) is 0 Å². The van der Waals surface area contributed by atoms with Crippen molar-refractivity contribution in [1.82, 2.24) is 0 Å². The van der Waals surface area contributed by atoms with Crippen LogP contribution in [0.25, 0.3) is 0 Å². The van der Waals surface area contributed by atoms with Gasteiger partial charge in [-0.05, 0) is 38.0 Å². The first-order valence-electron chi connectivity index (χ1n) is 6.36. The molecule has 1 aliphatic heterocycles. The van der Waals surface area contributed by atoms with Crippen LogP contribution in [0.15, 0.2) is 0 Å². The van der Waals surface area contributed by atoms with Gasteiger partial charge in [-0.3, -0.25) is 0 Å². The maximum Gasteiger partial charge on any atom is 0.157 e. The lowest BCUT2D eigenvalue weighted by Crippen LogP contribution is -2.38. The highest BCUT2D eigenvalue weighted by Crippen LogP contribution is 2.29. The van der Waals surface area contributed by atoms with Crippen LogP contribution >= 0.6 is 0 Å². The molecule has 0 aromatic carbocycles. The fraction of sp³-hybridized carbons (Fsp3) is 1.00. The minimum atomic E-state index is -0.558. The van der Waals surface area contributed by atoms with Gasteiger partial charge in [-0.2, -0.15) is 0 Å². The van der Waals surface area contributed by atoms with Gasteiger partial charge in [-0.25, -0.2) is 0 Å². The van der Waals surface area contributed by atoms with Crippen LogP contribution in [0, 0.1) is 5.92 Å². The summed E-state index contributed by atoms with van der Waals surface area (Å²) < 4.78 is 10.9. The molecule has 94 valence electrons. The smallest absolute Gasteiger partial charge is 0.157 e. The Kier molecular flexibility index (Phi) is 4.58. The Bertz CT molecular complexity index is 203. The van der Waals surface area contributed by atoms with E-state index in [2.05, 4.69) is 0 Å². The molecular formula is C12H22O4. The molecule has 0 unspecified atom stereocenters. The van der Waals surface area contributed by atoms with Crippen molar-refractivity contribution < 1.29 is 19.7 Å². The van der Waals surface area contributed by atoms with Crippen molar-refractivity contribution in [2.45, 2.75) is 57.0 Å². The molecule has 2 N–H and O–H groups in total. The predicted molar refractivity (Wildman–Crippen MR) is 58.9 cm³/mol. The maximum atomic E-state index is 9.84. The Morgan fingerprint density at radius 2 is 1.69 bits per heavy atom. The molecule has 16 heavy (non-hydrogen) atoms. The summed E-state index contributed by atoms with van der Waals surface area (Å²) in [6.45, 7) is 1.56. The topological polar surface area (TPSA) is 58.9 Å². The Morgan fingerprint density at radius 1 is 0.938 bits per heavy atom. The molecule has 1 saturated heterocycles. The lowest BCUT2D eigenvalue weighted by Gasteiger charge is -2.33. The number of aliphatic hydroxyl groups is 2. The van der Waals surface area contributed by atoms with E-state index in [0.29, 0.717) is 0 Å². The van der Waals surface area contributed by atoms with Gasteiger partial charge in [-0.15, -0.1) is 0 Å². The van der Waals surface area contributed by atoms with Gasteiger partial charge in [0, 0.05) is 0 Å². The summed E-state index contributed by atoms with van der Waals surface area (Å²) in [5.41, 5.74) is 0. The van der Waals surface area contributed by atoms with Crippen molar-refractivity contribution in [1.29, 1.82) is 0 Å². The number of rotatable bonds is 3. The zero-order chi connectivity index (χ0) is 11.4. The highest BCUT2D eigenvalue weighted by atomic mass is 16.7. The number of aliphatic hydroxyl groups excluding tert-OH is 2. The van der Waals surface area contributed by atoms with E-state index in [1.807, 2.05) is 0 Å². The quantitative estimate of drug-likeness (QED) is 0.761. The Labute approximate surface area is 96.6 Å². The third-order valence-corrected chi connectivity index (χ3v) is 3.62. The average Bonchev–Trinajstić information content (AvgIpc) is 2.32. The number of hydrogen-bond acceptors (Lipinski definition) is 4. The first kappa shape index (κ1) is 12.3. The summed E-state index contributed by atoms with van der Waals surface area (Å²) in [6.07, 6.45) is 4.23. The molecule has 0 radical (unpaired) electrons. The van der Waals surface area contributed by atoms with Crippen molar-refractivity contribution in [2.75, 3.05) is 13.2 Å². The van der Waals surface area contributed by atoms with E-state index in [9.17, 15) is 10.2 Å². The van der Waals surface area contributed by atoms with Crippen LogP contribution in [-0.4, -0.2) is 41.9 Å². The molecule has 2 aliphatic rings. The molecular weight excluding hydrogens is 208 g/mol. The van der Waals surface area contributed by atoms with Crippen molar-refractivity contribution >= 4 is 0 Å². The van der Waals surface area contributed by atoms with Crippen LogP contribution in [0.3, 0.4) is 0 Å². The van der Waals surface area contributed by atoms with Gasteiger partial charge in [0.15, 0.2) is 6.29 Å². The molecule has 2 fully saturated rings. The third-order valence-electron chi connectivity index (χ3n) is 3.62. The molecule has 0 bridgehead atoms. The van der Waals surface area contributed by atoms with Crippen LogP contribution in [0.5, 0.6) is 0 Å². The Morgan fingerprint density at radius 3 is 2.44 bits per heavy atom. The van der Waals surface area contributed by atoms with Gasteiger partial charge in [-0.1, -0.05) is 6.42 Å². The van der Waals surface area contributed by atoms with Gasteiger partial charge in [0.05, 0.1) is 25.4 Å². The normalized spacial score (nSPS) is 37.5. The second-order valence-corrected chi connectivity index (χ2v) is 4.85. The van der Waals surface area contributed by atoms with E-state index < -0.39 is 12.2 Å². The molecule has 0 amide bonds. The Hall–Kier alpha value is -0.160. The fourth-order valence-corrected chi connectivity index (χ4v) is 2.61. The summed E-state index contributed by atoms with van der Waals surface area (Å²) >= 11 is 0. The van der Waals surface area contributed by atoms with Crippen LogP contribution < -0.4 is 0 Å². The summed E-state index contributed by atoms with van der Waals surface area (Å²) in [7, 11) is 0. The summed E-state index contributed by atoms with van der Waals surface area (Å²) in [5.74, 6) is 0.206. The lowest BCUT2D eigenvalue weighted by molar-refractivity contribution is -0.184. The van der Waals surface area contributed by atoms with E-state index in [4.69, 9.17) is 9.47 Å². The molecule has 2 rings (SSSR count). The SMILES string of the molecule is O[C@@H]1[C@@H](CCC2OCCCO2)CCC[C@@H]1O. The second-order valence-electron chi connectivity index (χ2n) is 4.85. The van der Waals surface area contributed by atoms with Crippen molar-refractivity contribution in [3.63, 3.8) is 0 Å². The van der Waals surface area contributed by atoms with Gasteiger partial charge in [0.2, 0.25) is 0 Å². The van der Waals surface area contributed by atoms with E-state index in [1.54, 1.807) is 0 Å². The van der Waals surface area contributed by atoms with E-state index in [0.717, 1.165) is 51.7 Å². The van der Waals surface area contributed by atoms with Crippen LogP contribution in [-0.2, 0) is 9.47 Å². The van der Waals surface area contributed by atoms with Gasteiger partial charge in [0.1, 0.15) is 0 Å². The zero-order valence-corrected chi connectivity index (χ0v) is 9.68. The van der Waals surface area contributed by atoms with Crippen molar-refractivity contribution in [2.24, 2.45) is 5.92 Å². The summed E-state index contributed by atoms with van der Waals surface area (Å²) in [4.78, 5) is 0. The molecule has 0 spiro atoms. The monoisotopic (exact) mass is 230 g/mol. The second kappa shape index (κ2) is 5.96. The first-order chi connectivity index (χ1) is 7.77. The standard InChI is InChI=1S/C12H22O4/c13-10-4-1-3-9(12(10)14)5-6-11-15-7-2-8-16-11/h9-14H,1-8H2/t9-,10+,12-/m1/s1. The molecule has 1 saturated carbocycles. The minimum Gasteiger partial charge on any atom is -0.390 e. The van der Waals surface area contributed by atoms with Crippen molar-refractivity contribution in [3.8, 4) is 0 Å². The minimum absolute atomic E-state index is 0.0972. The largest absolute Gasteiger partial charge is 0.390 e. The highest BCUT2D eigenvalue weighted by Gasteiger charge is 2.30. The van der Waals surface area contributed by atoms with Crippen LogP contribution in [0.4, 0.5) is 0 Å². The van der Waals surface area contributed by atoms with Crippen LogP contribution in [0.1, 0.15) is 38.5 Å². The predicted octanol–water partition coefficient (Wildman–Crippen LogP) is 1.05. The fourth-order valence-electron chi connectivity index (χ4n) is 2.61. The highest BCUT2D eigenvalue weighted by molar-refractivity contribution is 4.81. The van der Waals surface area contributed by atoms with Gasteiger partial charge >= 0.3 is 0 Å². The number of ether oxygens (including phenoxy) is 2. The zero-order valence-electron chi connectivity index (χ0n) is 9.68.